The minimum atomic E-state index is -0.415. The molecular weight excluding hydrogens is 286 g/mol. The molecule has 2 N–H and O–H groups in total. The Morgan fingerprint density at radius 3 is 2.95 bits per heavy atom. The third-order valence-corrected chi connectivity index (χ3v) is 3.61. The third-order valence-electron chi connectivity index (χ3n) is 2.75. The number of hydrogen-bond acceptors (Lipinski definition) is 6. The van der Waals surface area contributed by atoms with Crippen molar-refractivity contribution in [2.75, 3.05) is 39.2 Å². The van der Waals surface area contributed by atoms with Gasteiger partial charge in [0, 0.05) is 13.7 Å². The second-order valence-electron chi connectivity index (χ2n) is 4.15. The van der Waals surface area contributed by atoms with Crippen molar-refractivity contribution in [2.24, 2.45) is 0 Å². The van der Waals surface area contributed by atoms with Crippen molar-refractivity contribution in [3.8, 4) is 0 Å². The van der Waals surface area contributed by atoms with Crippen LogP contribution in [0.4, 0.5) is 0 Å². The summed E-state index contributed by atoms with van der Waals surface area (Å²) >= 11 is 1.11. The molecule has 0 radical (unpaired) electrons. The van der Waals surface area contributed by atoms with Gasteiger partial charge in [-0.15, -0.1) is 5.10 Å². The molecule has 0 saturated carbocycles. The number of rotatable bonds is 6. The largest absolute Gasteiger partial charge is 0.383 e. The van der Waals surface area contributed by atoms with Gasteiger partial charge in [-0.1, -0.05) is 11.8 Å². The molecule has 1 aromatic heterocycles. The Kier molecular flexibility index (Phi) is 4.79. The molecule has 2 amide bonds. The molecule has 0 spiro atoms. The topological polar surface area (TPSA) is 111 Å². The van der Waals surface area contributed by atoms with E-state index in [1.165, 1.54) is 4.90 Å². The summed E-state index contributed by atoms with van der Waals surface area (Å²) in [4.78, 5) is 39.9. The molecule has 10 heteroatoms. The number of H-pyrrole nitrogens is 2. The molecule has 110 valence electrons. The number of ether oxygens (including phenoxy) is 1. The van der Waals surface area contributed by atoms with Crippen molar-refractivity contribution in [3.05, 3.63) is 10.5 Å². The van der Waals surface area contributed by atoms with E-state index in [-0.39, 0.29) is 30.8 Å². The number of amides is 2. The molecule has 1 aromatic rings. The lowest BCUT2D eigenvalue weighted by molar-refractivity contribution is -0.129. The van der Waals surface area contributed by atoms with Crippen LogP contribution >= 0.6 is 11.8 Å². The number of methoxy groups -OCH3 is 1. The lowest BCUT2D eigenvalue weighted by atomic mass is 10.5. The maximum Gasteiger partial charge on any atom is 0.341 e. The molecule has 1 aliphatic rings. The van der Waals surface area contributed by atoms with E-state index < -0.39 is 5.69 Å². The number of carbonyl (C=O) groups is 2. The number of thioether (sulfide) groups is 1. The van der Waals surface area contributed by atoms with Crippen LogP contribution in [-0.4, -0.2) is 76.0 Å². The van der Waals surface area contributed by atoms with Gasteiger partial charge in [-0.2, -0.15) is 0 Å². The van der Waals surface area contributed by atoms with Crippen LogP contribution in [0.3, 0.4) is 0 Å². The van der Waals surface area contributed by atoms with Crippen molar-refractivity contribution in [1.82, 2.24) is 25.0 Å². The highest BCUT2D eigenvalue weighted by atomic mass is 32.2. The quantitative estimate of drug-likeness (QED) is 0.616. The first-order valence-electron chi connectivity index (χ1n) is 5.92. The predicted molar refractivity (Wildman–Crippen MR) is 70.1 cm³/mol. The molecule has 9 nitrogen and oxygen atoms in total. The van der Waals surface area contributed by atoms with Crippen molar-refractivity contribution in [3.63, 3.8) is 0 Å². The van der Waals surface area contributed by atoms with Gasteiger partial charge in [0.15, 0.2) is 5.16 Å². The summed E-state index contributed by atoms with van der Waals surface area (Å²) in [6.45, 7) is 1.27. The van der Waals surface area contributed by atoms with E-state index in [1.54, 1.807) is 12.0 Å². The second-order valence-corrected chi connectivity index (χ2v) is 5.12. The van der Waals surface area contributed by atoms with E-state index in [4.69, 9.17) is 4.74 Å². The molecule has 2 rings (SSSR count). The van der Waals surface area contributed by atoms with Crippen LogP contribution in [0.1, 0.15) is 0 Å². The average Bonchev–Trinajstić information content (AvgIpc) is 3.00. The number of aromatic nitrogens is 3. The molecule has 20 heavy (non-hydrogen) atoms. The zero-order valence-electron chi connectivity index (χ0n) is 10.9. The van der Waals surface area contributed by atoms with Gasteiger partial charge >= 0.3 is 5.69 Å². The first-order valence-corrected chi connectivity index (χ1v) is 6.90. The van der Waals surface area contributed by atoms with Crippen LogP contribution < -0.4 is 5.69 Å². The summed E-state index contributed by atoms with van der Waals surface area (Å²) in [6.07, 6.45) is 0. The second kappa shape index (κ2) is 6.57. The molecule has 0 aromatic carbocycles. The minimum absolute atomic E-state index is 0.0835. The molecule has 1 saturated heterocycles. The predicted octanol–water partition coefficient (Wildman–Crippen LogP) is -1.54. The first kappa shape index (κ1) is 14.6. The normalized spacial score (nSPS) is 15.2. The number of aromatic amines is 2. The molecule has 0 aliphatic carbocycles. The summed E-state index contributed by atoms with van der Waals surface area (Å²) in [6, 6.07) is 0. The van der Waals surface area contributed by atoms with E-state index in [0.717, 1.165) is 11.8 Å². The number of hydrogen-bond donors (Lipinski definition) is 2. The Bertz CT molecular complexity index is 542. The Hall–Kier alpha value is -1.81. The molecule has 0 atom stereocenters. The maximum atomic E-state index is 12.0. The zero-order chi connectivity index (χ0) is 14.5. The number of nitrogens with one attached hydrogen (secondary N) is 2. The van der Waals surface area contributed by atoms with Gasteiger partial charge in [-0.25, -0.2) is 9.89 Å². The molecule has 0 bridgehead atoms. The van der Waals surface area contributed by atoms with E-state index >= 15 is 0 Å². The van der Waals surface area contributed by atoms with Crippen LogP contribution in [0, 0.1) is 0 Å². The number of nitrogens with zero attached hydrogens (tertiary/aromatic N) is 3. The van der Waals surface area contributed by atoms with Gasteiger partial charge in [-0.05, 0) is 0 Å². The van der Waals surface area contributed by atoms with Crippen LogP contribution in [-0.2, 0) is 14.3 Å². The molecule has 2 heterocycles. The van der Waals surface area contributed by atoms with E-state index in [2.05, 4.69) is 15.2 Å². The standard InChI is InChI=1S/C10H15N5O4S/c1-19-3-2-14-6-15(4-7(14)16)8(17)5-20-10-11-9(18)12-13-10/h2-6H2,1H3,(H2,11,12,13,18). The van der Waals surface area contributed by atoms with Gasteiger partial charge in [-0.3, -0.25) is 14.6 Å². The van der Waals surface area contributed by atoms with Gasteiger partial charge in [0.25, 0.3) is 0 Å². The Labute approximate surface area is 118 Å². The third kappa shape index (κ3) is 3.61. The highest BCUT2D eigenvalue weighted by Crippen LogP contribution is 2.13. The van der Waals surface area contributed by atoms with Gasteiger partial charge in [0.1, 0.15) is 6.54 Å². The van der Waals surface area contributed by atoms with Crippen LogP contribution in [0.25, 0.3) is 0 Å². The van der Waals surface area contributed by atoms with Gasteiger partial charge < -0.3 is 14.5 Å². The average molecular weight is 301 g/mol. The van der Waals surface area contributed by atoms with Crippen LogP contribution in [0.2, 0.25) is 0 Å². The first-order chi connectivity index (χ1) is 9.60. The molecule has 1 fully saturated rings. The van der Waals surface area contributed by atoms with Gasteiger partial charge in [0.2, 0.25) is 11.8 Å². The summed E-state index contributed by atoms with van der Waals surface area (Å²) in [5.41, 5.74) is -0.415. The van der Waals surface area contributed by atoms with Crippen molar-refractivity contribution < 1.29 is 14.3 Å². The van der Waals surface area contributed by atoms with Crippen molar-refractivity contribution >= 4 is 23.6 Å². The monoisotopic (exact) mass is 301 g/mol. The van der Waals surface area contributed by atoms with Gasteiger partial charge in [0.05, 0.1) is 19.0 Å². The Morgan fingerprint density at radius 1 is 1.50 bits per heavy atom. The van der Waals surface area contributed by atoms with Crippen LogP contribution in [0.5, 0.6) is 0 Å². The van der Waals surface area contributed by atoms with Crippen molar-refractivity contribution in [2.45, 2.75) is 5.16 Å². The fourth-order valence-electron chi connectivity index (χ4n) is 1.71. The fourth-order valence-corrected chi connectivity index (χ4v) is 2.42. The maximum absolute atomic E-state index is 12.0. The summed E-state index contributed by atoms with van der Waals surface area (Å²) in [5.74, 6) is -0.146. The molecule has 1 aliphatic heterocycles. The highest BCUT2D eigenvalue weighted by molar-refractivity contribution is 7.99. The van der Waals surface area contributed by atoms with Crippen LogP contribution in [0.15, 0.2) is 9.95 Å². The fraction of sp³-hybridized carbons (Fsp3) is 0.600. The van der Waals surface area contributed by atoms with E-state index in [9.17, 15) is 14.4 Å². The summed E-state index contributed by atoms with van der Waals surface area (Å²) in [5, 5.41) is 6.26. The molecule has 0 unspecified atom stereocenters. The lowest BCUT2D eigenvalue weighted by Gasteiger charge is -2.17. The highest BCUT2D eigenvalue weighted by Gasteiger charge is 2.30. The Balaban J connectivity index is 1.81. The zero-order valence-corrected chi connectivity index (χ0v) is 11.7. The molecular formula is C10H15N5O4S. The number of carbonyl (C=O) groups excluding carboxylic acids is 2. The van der Waals surface area contributed by atoms with E-state index in [0.29, 0.717) is 18.3 Å². The minimum Gasteiger partial charge on any atom is -0.383 e. The van der Waals surface area contributed by atoms with E-state index in [1.807, 2.05) is 0 Å². The Morgan fingerprint density at radius 2 is 2.30 bits per heavy atom. The SMILES string of the molecule is COCCN1CN(C(=O)CSc2n[nH]c(=O)[nH]2)CC1=O. The smallest absolute Gasteiger partial charge is 0.341 e. The summed E-state index contributed by atoms with van der Waals surface area (Å²) < 4.78 is 4.91. The van der Waals surface area contributed by atoms with Crippen molar-refractivity contribution in [1.29, 1.82) is 0 Å². The lowest BCUT2D eigenvalue weighted by Crippen LogP contribution is -2.33. The summed E-state index contributed by atoms with van der Waals surface area (Å²) in [7, 11) is 1.56.